The number of hydrogen-bond acceptors (Lipinski definition) is 3. The van der Waals surface area contributed by atoms with Gasteiger partial charge in [0.15, 0.2) is 0 Å². The molecule has 0 unspecified atom stereocenters. The molecule has 3 rings (SSSR count). The van der Waals surface area contributed by atoms with E-state index in [1.807, 2.05) is 42.8 Å². The lowest BCUT2D eigenvalue weighted by molar-refractivity contribution is -0.120. The first kappa shape index (κ1) is 17.5. The number of carbonyl (C=O) groups is 2. The lowest BCUT2D eigenvalue weighted by Gasteiger charge is -2.15. The normalized spacial score (nSPS) is 11.9. The summed E-state index contributed by atoms with van der Waals surface area (Å²) in [5.74, 6) is -0.311. The van der Waals surface area contributed by atoms with Crippen LogP contribution in [0, 0.1) is 6.92 Å². The molecule has 0 fully saturated rings. The van der Waals surface area contributed by atoms with Crippen molar-refractivity contribution < 1.29 is 9.59 Å². The molecule has 1 atom stereocenters. The zero-order valence-electron chi connectivity index (χ0n) is 14.7. The van der Waals surface area contributed by atoms with Gasteiger partial charge in [-0.3, -0.25) is 4.79 Å². The molecule has 4 N–H and O–H groups in total. The third kappa shape index (κ3) is 3.51. The fraction of sp³-hybridized carbons (Fsp3) is 0.211. The molecule has 2 aromatic carbocycles. The van der Waals surface area contributed by atoms with Gasteiger partial charge in [0.2, 0.25) is 5.91 Å². The molecule has 26 heavy (non-hydrogen) atoms. The third-order valence-electron chi connectivity index (χ3n) is 4.31. The zero-order valence-corrected chi connectivity index (χ0v) is 14.7. The van der Waals surface area contributed by atoms with Gasteiger partial charge in [-0.1, -0.05) is 36.4 Å². The number of aromatic nitrogens is 2. The number of primary amides is 1. The van der Waals surface area contributed by atoms with E-state index in [4.69, 9.17) is 5.73 Å². The van der Waals surface area contributed by atoms with Crippen LogP contribution < -0.4 is 16.4 Å². The van der Waals surface area contributed by atoms with Gasteiger partial charge in [-0.2, -0.15) is 5.10 Å². The van der Waals surface area contributed by atoms with E-state index in [0.29, 0.717) is 0 Å². The third-order valence-corrected chi connectivity index (χ3v) is 4.31. The lowest BCUT2D eigenvalue weighted by atomic mass is 10.1. The summed E-state index contributed by atoms with van der Waals surface area (Å²) in [5, 5.41) is 11.9. The van der Waals surface area contributed by atoms with Crippen molar-refractivity contribution in [3.8, 4) is 5.69 Å². The molecule has 0 aliphatic carbocycles. The molecule has 1 aromatic heterocycles. The van der Waals surface area contributed by atoms with Crippen molar-refractivity contribution in [2.75, 3.05) is 6.54 Å². The molecule has 1 heterocycles. The SMILES string of the molecule is Cc1c([C@@H](C)NC(=O)CNC(N)=O)cnn1-c1cccc2ccccc12. The van der Waals surface area contributed by atoms with Crippen molar-refractivity contribution in [1.82, 2.24) is 20.4 Å². The van der Waals surface area contributed by atoms with E-state index >= 15 is 0 Å². The molecule has 7 heteroatoms. The summed E-state index contributed by atoms with van der Waals surface area (Å²) >= 11 is 0. The van der Waals surface area contributed by atoms with Gasteiger partial charge in [-0.05, 0) is 25.3 Å². The second-order valence-corrected chi connectivity index (χ2v) is 6.10. The van der Waals surface area contributed by atoms with Gasteiger partial charge in [0.1, 0.15) is 0 Å². The fourth-order valence-corrected chi connectivity index (χ4v) is 3.02. The van der Waals surface area contributed by atoms with Gasteiger partial charge in [0, 0.05) is 16.6 Å². The number of nitrogens with zero attached hydrogens (tertiary/aromatic N) is 2. The fourth-order valence-electron chi connectivity index (χ4n) is 3.02. The second-order valence-electron chi connectivity index (χ2n) is 6.10. The van der Waals surface area contributed by atoms with Crippen molar-refractivity contribution >= 4 is 22.7 Å². The van der Waals surface area contributed by atoms with Crippen molar-refractivity contribution in [3.05, 3.63) is 59.9 Å². The highest BCUT2D eigenvalue weighted by molar-refractivity contribution is 5.90. The minimum absolute atomic E-state index is 0.157. The number of urea groups is 1. The van der Waals surface area contributed by atoms with Crippen molar-refractivity contribution in [2.24, 2.45) is 5.73 Å². The maximum Gasteiger partial charge on any atom is 0.312 e. The Morgan fingerprint density at radius 1 is 1.19 bits per heavy atom. The van der Waals surface area contributed by atoms with Gasteiger partial charge in [0.25, 0.3) is 0 Å². The van der Waals surface area contributed by atoms with Crippen LogP contribution in [0.15, 0.2) is 48.7 Å². The molecule has 0 radical (unpaired) electrons. The maximum absolute atomic E-state index is 11.9. The number of nitrogens with two attached hydrogens (primary N) is 1. The van der Waals surface area contributed by atoms with Crippen LogP contribution in [-0.2, 0) is 4.79 Å². The number of nitrogens with one attached hydrogen (secondary N) is 2. The van der Waals surface area contributed by atoms with E-state index in [9.17, 15) is 9.59 Å². The van der Waals surface area contributed by atoms with E-state index < -0.39 is 6.03 Å². The number of amides is 3. The van der Waals surface area contributed by atoms with Crippen LogP contribution in [0.1, 0.15) is 24.2 Å². The molecular weight excluding hydrogens is 330 g/mol. The molecule has 0 saturated carbocycles. The minimum Gasteiger partial charge on any atom is -0.352 e. The molecule has 0 aliphatic heterocycles. The molecule has 0 spiro atoms. The average Bonchev–Trinajstić information content (AvgIpc) is 3.01. The summed E-state index contributed by atoms with van der Waals surface area (Å²) in [5.41, 5.74) is 7.81. The number of fused-ring (bicyclic) bond motifs is 1. The Balaban J connectivity index is 1.86. The Morgan fingerprint density at radius 3 is 2.69 bits per heavy atom. The van der Waals surface area contributed by atoms with Crippen LogP contribution in [0.4, 0.5) is 4.79 Å². The predicted molar refractivity (Wildman–Crippen MR) is 100.0 cm³/mol. The first-order valence-corrected chi connectivity index (χ1v) is 8.32. The minimum atomic E-state index is -0.729. The van der Waals surface area contributed by atoms with Gasteiger partial charge < -0.3 is 16.4 Å². The van der Waals surface area contributed by atoms with E-state index in [2.05, 4.69) is 33.9 Å². The summed E-state index contributed by atoms with van der Waals surface area (Å²) in [4.78, 5) is 22.6. The second kappa shape index (κ2) is 7.26. The predicted octanol–water partition coefficient (Wildman–Crippen LogP) is 2.18. The van der Waals surface area contributed by atoms with Gasteiger partial charge in [-0.15, -0.1) is 0 Å². The number of carbonyl (C=O) groups excluding carboxylic acids is 2. The summed E-state index contributed by atoms with van der Waals surface area (Å²) in [6, 6.07) is 13.2. The standard InChI is InChI=1S/C19H21N5O2/c1-12(23-18(25)11-21-19(20)26)16-10-22-24(13(16)2)17-9-5-7-14-6-3-4-8-15(14)17/h3-10,12H,11H2,1-2H3,(H,23,25)(H3,20,21,26)/t12-/m1/s1. The van der Waals surface area contributed by atoms with Crippen molar-refractivity contribution in [3.63, 3.8) is 0 Å². The van der Waals surface area contributed by atoms with Gasteiger partial charge >= 0.3 is 6.03 Å². The van der Waals surface area contributed by atoms with Gasteiger partial charge in [0.05, 0.1) is 24.5 Å². The molecule has 0 aliphatic rings. The first-order valence-electron chi connectivity index (χ1n) is 8.32. The Morgan fingerprint density at radius 2 is 1.92 bits per heavy atom. The summed E-state index contributed by atoms with van der Waals surface area (Å²) in [7, 11) is 0. The van der Waals surface area contributed by atoms with E-state index in [1.54, 1.807) is 6.20 Å². The Hall–Kier alpha value is -3.35. The van der Waals surface area contributed by atoms with Crippen LogP contribution in [0.2, 0.25) is 0 Å². The summed E-state index contributed by atoms with van der Waals surface area (Å²) in [6.45, 7) is 3.68. The highest BCUT2D eigenvalue weighted by Gasteiger charge is 2.17. The molecule has 0 bridgehead atoms. The highest BCUT2D eigenvalue weighted by Crippen LogP contribution is 2.25. The van der Waals surface area contributed by atoms with Crippen molar-refractivity contribution in [1.29, 1.82) is 0 Å². The number of hydrogen-bond donors (Lipinski definition) is 3. The Kier molecular flexibility index (Phi) is 4.88. The van der Waals surface area contributed by atoms with E-state index in [0.717, 1.165) is 27.7 Å². The average molecular weight is 351 g/mol. The van der Waals surface area contributed by atoms with Crippen LogP contribution in [-0.4, -0.2) is 28.3 Å². The topological polar surface area (TPSA) is 102 Å². The van der Waals surface area contributed by atoms with Crippen LogP contribution in [0.3, 0.4) is 0 Å². The quantitative estimate of drug-likeness (QED) is 0.656. The first-order chi connectivity index (χ1) is 12.5. The molecular formula is C19H21N5O2. The molecule has 0 saturated heterocycles. The van der Waals surface area contributed by atoms with Gasteiger partial charge in [-0.25, -0.2) is 9.48 Å². The van der Waals surface area contributed by atoms with Crippen LogP contribution in [0.25, 0.3) is 16.5 Å². The summed E-state index contributed by atoms with van der Waals surface area (Å²) < 4.78 is 1.88. The number of benzene rings is 2. The summed E-state index contributed by atoms with van der Waals surface area (Å²) in [6.07, 6.45) is 1.75. The smallest absolute Gasteiger partial charge is 0.312 e. The molecule has 134 valence electrons. The van der Waals surface area contributed by atoms with Crippen LogP contribution in [0.5, 0.6) is 0 Å². The largest absolute Gasteiger partial charge is 0.352 e. The zero-order chi connectivity index (χ0) is 18.7. The molecule has 3 amide bonds. The van der Waals surface area contributed by atoms with E-state index in [1.165, 1.54) is 0 Å². The molecule has 3 aromatic rings. The maximum atomic E-state index is 11.9. The lowest BCUT2D eigenvalue weighted by Crippen LogP contribution is -2.40. The monoisotopic (exact) mass is 351 g/mol. The highest BCUT2D eigenvalue weighted by atomic mass is 16.2. The molecule has 7 nitrogen and oxygen atoms in total. The number of rotatable bonds is 5. The van der Waals surface area contributed by atoms with E-state index in [-0.39, 0.29) is 18.5 Å². The van der Waals surface area contributed by atoms with Crippen LogP contribution >= 0.6 is 0 Å². The Bertz CT molecular complexity index is 958. The van der Waals surface area contributed by atoms with Crippen molar-refractivity contribution in [2.45, 2.75) is 19.9 Å². The Labute approximate surface area is 151 Å².